The number of hydrogen-bond acceptors (Lipinski definition) is 3. The zero-order chi connectivity index (χ0) is 15.1. The molecular weight excluding hydrogens is 259 g/mol. The van der Waals surface area contributed by atoms with Crippen LogP contribution in [0.2, 0.25) is 0 Å². The first kappa shape index (κ1) is 16.5. The second-order valence-electron chi connectivity index (χ2n) is 4.63. The van der Waals surface area contributed by atoms with Crippen LogP contribution in [-0.2, 0) is 0 Å². The lowest BCUT2D eigenvalue weighted by Crippen LogP contribution is -2.08. The molecule has 2 rings (SSSR count). The lowest BCUT2D eigenvalue weighted by molar-refractivity contribution is 0.0812. The summed E-state index contributed by atoms with van der Waals surface area (Å²) in [6.45, 7) is 7.39. The van der Waals surface area contributed by atoms with Crippen LogP contribution >= 0.6 is 0 Å². The minimum Gasteiger partial charge on any atom is -0.489 e. The molecule has 1 aliphatic rings. The van der Waals surface area contributed by atoms with E-state index in [1.807, 2.05) is 13.8 Å². The van der Waals surface area contributed by atoms with Crippen LogP contribution in [0.1, 0.15) is 50.9 Å². The summed E-state index contributed by atoms with van der Waals surface area (Å²) in [7, 11) is 0. The van der Waals surface area contributed by atoms with Gasteiger partial charge >= 0.3 is 0 Å². The molecule has 1 fully saturated rings. The lowest BCUT2D eigenvalue weighted by atomic mass is 10.1. The number of rotatable bonds is 6. The third-order valence-electron chi connectivity index (χ3n) is 2.81. The molecule has 1 aliphatic carbocycles. The van der Waals surface area contributed by atoms with Crippen LogP contribution in [0.25, 0.3) is 0 Å². The normalized spacial score (nSPS) is 14.8. The van der Waals surface area contributed by atoms with Gasteiger partial charge in [-0.1, -0.05) is 13.8 Å². The molecule has 1 aromatic rings. The summed E-state index contributed by atoms with van der Waals surface area (Å²) in [5.74, 6) is 1.32. The molecule has 112 valence electrons. The molecule has 0 bridgehead atoms. The molecule has 0 aromatic heterocycles. The zero-order valence-electron chi connectivity index (χ0n) is 12.6. The van der Waals surface area contributed by atoms with E-state index < -0.39 is 6.36 Å². The molecule has 4 heteroatoms. The minimum absolute atomic E-state index is 0.0499. The van der Waals surface area contributed by atoms with E-state index >= 15 is 0 Å². The standard InChI is InChI=1S/C14H17FO3.C2H6/c1-9(16)12-5-6-13(18-10(2)15)14(7-12)17-8-11-3-4-11;1-2/h5-7,10-11H,3-4,8H2,1-2H3;1-2H3. The van der Waals surface area contributed by atoms with Crippen LogP contribution in [0, 0.1) is 5.92 Å². The topological polar surface area (TPSA) is 35.5 Å². The van der Waals surface area contributed by atoms with E-state index in [1.54, 1.807) is 18.2 Å². The molecule has 20 heavy (non-hydrogen) atoms. The second-order valence-corrected chi connectivity index (χ2v) is 4.63. The number of carbonyl (C=O) groups excluding carboxylic acids is 1. The molecule has 1 saturated carbocycles. The van der Waals surface area contributed by atoms with Gasteiger partial charge in [0.1, 0.15) is 0 Å². The molecular formula is C16H23FO3. The Morgan fingerprint density at radius 1 is 1.35 bits per heavy atom. The molecule has 0 saturated heterocycles. The van der Waals surface area contributed by atoms with Gasteiger partial charge in [0.05, 0.1) is 6.61 Å². The maximum Gasteiger partial charge on any atom is 0.236 e. The van der Waals surface area contributed by atoms with Gasteiger partial charge in [0, 0.05) is 12.5 Å². The largest absolute Gasteiger partial charge is 0.489 e. The number of halogens is 1. The van der Waals surface area contributed by atoms with Crippen molar-refractivity contribution in [1.29, 1.82) is 0 Å². The van der Waals surface area contributed by atoms with Crippen LogP contribution in [0.5, 0.6) is 11.5 Å². The minimum atomic E-state index is -1.41. The number of alkyl halides is 1. The maximum absolute atomic E-state index is 12.9. The molecule has 1 atom stereocenters. The Balaban J connectivity index is 0.000000956. The molecule has 0 N–H and O–H groups in total. The molecule has 1 unspecified atom stereocenters. The van der Waals surface area contributed by atoms with Gasteiger partial charge in [-0.2, -0.15) is 0 Å². The van der Waals surface area contributed by atoms with Crippen LogP contribution in [0.4, 0.5) is 4.39 Å². The third-order valence-corrected chi connectivity index (χ3v) is 2.81. The zero-order valence-corrected chi connectivity index (χ0v) is 12.6. The van der Waals surface area contributed by atoms with E-state index in [4.69, 9.17) is 9.47 Å². The van der Waals surface area contributed by atoms with Crippen molar-refractivity contribution in [2.24, 2.45) is 5.92 Å². The summed E-state index contributed by atoms with van der Waals surface area (Å²) in [6.07, 6.45) is 0.931. The Kier molecular flexibility index (Phi) is 6.49. The Labute approximate surface area is 120 Å². The summed E-state index contributed by atoms with van der Waals surface area (Å²) in [4.78, 5) is 11.3. The highest BCUT2D eigenvalue weighted by Gasteiger charge is 2.23. The van der Waals surface area contributed by atoms with Crippen molar-refractivity contribution in [2.45, 2.75) is 46.9 Å². The van der Waals surface area contributed by atoms with Crippen molar-refractivity contribution in [3.8, 4) is 11.5 Å². The van der Waals surface area contributed by atoms with Crippen molar-refractivity contribution >= 4 is 5.78 Å². The first-order valence-electron chi connectivity index (χ1n) is 7.15. The Morgan fingerprint density at radius 2 is 2.00 bits per heavy atom. The highest BCUT2D eigenvalue weighted by Crippen LogP contribution is 2.34. The Morgan fingerprint density at radius 3 is 2.50 bits per heavy atom. The van der Waals surface area contributed by atoms with Gasteiger partial charge in [-0.3, -0.25) is 4.79 Å². The Bertz CT molecular complexity index is 439. The average Bonchev–Trinajstić information content (AvgIpc) is 3.23. The first-order chi connectivity index (χ1) is 9.56. The van der Waals surface area contributed by atoms with Crippen molar-refractivity contribution < 1.29 is 18.7 Å². The van der Waals surface area contributed by atoms with Crippen molar-refractivity contribution in [3.63, 3.8) is 0 Å². The number of ether oxygens (including phenoxy) is 2. The van der Waals surface area contributed by atoms with Crippen molar-refractivity contribution in [1.82, 2.24) is 0 Å². The highest BCUT2D eigenvalue weighted by molar-refractivity contribution is 5.94. The number of hydrogen-bond donors (Lipinski definition) is 0. The van der Waals surface area contributed by atoms with Crippen LogP contribution in [0.15, 0.2) is 18.2 Å². The smallest absolute Gasteiger partial charge is 0.236 e. The fraction of sp³-hybridized carbons (Fsp3) is 0.562. The van der Waals surface area contributed by atoms with Crippen molar-refractivity contribution in [2.75, 3.05) is 6.61 Å². The van der Waals surface area contributed by atoms with Gasteiger partial charge in [-0.15, -0.1) is 0 Å². The molecule has 0 amide bonds. The number of ketones is 1. The van der Waals surface area contributed by atoms with E-state index in [9.17, 15) is 9.18 Å². The SMILES string of the molecule is CC.CC(=O)c1ccc(OC(C)F)c(OCC2CC2)c1. The van der Waals surface area contributed by atoms with E-state index in [2.05, 4.69) is 0 Å². The maximum atomic E-state index is 12.9. The lowest BCUT2D eigenvalue weighted by Gasteiger charge is -2.14. The van der Waals surface area contributed by atoms with E-state index in [0.29, 0.717) is 29.6 Å². The summed E-state index contributed by atoms with van der Waals surface area (Å²) >= 11 is 0. The summed E-state index contributed by atoms with van der Waals surface area (Å²) in [6, 6.07) is 4.81. The second kappa shape index (κ2) is 7.88. The number of Topliss-reactive ketones (excluding diaryl/α,β-unsaturated/α-hetero) is 1. The van der Waals surface area contributed by atoms with Crippen LogP contribution in [-0.4, -0.2) is 18.7 Å². The molecule has 0 spiro atoms. The van der Waals surface area contributed by atoms with Gasteiger partial charge in [-0.05, 0) is 43.9 Å². The van der Waals surface area contributed by atoms with Gasteiger partial charge in [0.2, 0.25) is 6.36 Å². The third kappa shape index (κ3) is 5.19. The molecule has 3 nitrogen and oxygen atoms in total. The van der Waals surface area contributed by atoms with Gasteiger partial charge < -0.3 is 9.47 Å². The fourth-order valence-corrected chi connectivity index (χ4v) is 1.60. The monoisotopic (exact) mass is 282 g/mol. The fourth-order valence-electron chi connectivity index (χ4n) is 1.60. The van der Waals surface area contributed by atoms with Gasteiger partial charge in [-0.25, -0.2) is 4.39 Å². The molecule has 0 aliphatic heterocycles. The first-order valence-corrected chi connectivity index (χ1v) is 7.15. The molecule has 0 radical (unpaired) electrons. The molecule has 1 aromatic carbocycles. The Hall–Kier alpha value is -1.58. The van der Waals surface area contributed by atoms with Crippen molar-refractivity contribution in [3.05, 3.63) is 23.8 Å². The predicted octanol–water partition coefficient (Wildman–Crippen LogP) is 4.40. The summed E-state index contributed by atoms with van der Waals surface area (Å²) in [5.41, 5.74) is 0.541. The average molecular weight is 282 g/mol. The van der Waals surface area contributed by atoms with E-state index in [1.165, 1.54) is 26.7 Å². The van der Waals surface area contributed by atoms with E-state index in [0.717, 1.165) is 0 Å². The van der Waals surface area contributed by atoms with Crippen LogP contribution in [0.3, 0.4) is 0 Å². The number of benzene rings is 1. The number of carbonyl (C=O) groups is 1. The quantitative estimate of drug-likeness (QED) is 0.725. The predicted molar refractivity (Wildman–Crippen MR) is 77.2 cm³/mol. The van der Waals surface area contributed by atoms with Gasteiger partial charge in [0.15, 0.2) is 17.3 Å². The summed E-state index contributed by atoms with van der Waals surface area (Å²) < 4.78 is 23.5. The summed E-state index contributed by atoms with van der Waals surface area (Å²) in [5, 5.41) is 0. The molecule has 0 heterocycles. The highest BCUT2D eigenvalue weighted by atomic mass is 19.1. The van der Waals surface area contributed by atoms with Gasteiger partial charge in [0.25, 0.3) is 0 Å². The van der Waals surface area contributed by atoms with E-state index in [-0.39, 0.29) is 5.78 Å². The van der Waals surface area contributed by atoms with Crippen LogP contribution < -0.4 is 9.47 Å².